The molecular weight excluding hydrogens is 250 g/mol. The van der Waals surface area contributed by atoms with Crippen molar-refractivity contribution >= 4 is 15.8 Å². The summed E-state index contributed by atoms with van der Waals surface area (Å²) in [5.74, 6) is -0.0199. The summed E-state index contributed by atoms with van der Waals surface area (Å²) in [7, 11) is -2.02. The summed E-state index contributed by atoms with van der Waals surface area (Å²) >= 11 is 0. The molecule has 4 nitrogen and oxygen atoms in total. The first kappa shape index (κ1) is 14.9. The van der Waals surface area contributed by atoms with Crippen molar-refractivity contribution in [1.82, 2.24) is 4.31 Å². The lowest BCUT2D eigenvalue weighted by Crippen LogP contribution is -2.36. The Balaban J connectivity index is 2.99. The van der Waals surface area contributed by atoms with Crippen molar-refractivity contribution in [2.45, 2.75) is 38.1 Å². The molecule has 0 aliphatic carbocycles. The molecule has 0 aromatic heterocycles. The van der Waals surface area contributed by atoms with Gasteiger partial charge in [0.1, 0.15) is 5.78 Å². The van der Waals surface area contributed by atoms with Crippen molar-refractivity contribution in [2.24, 2.45) is 0 Å². The third-order valence-corrected chi connectivity index (χ3v) is 4.89. The molecule has 0 radical (unpaired) electrons. The third kappa shape index (κ3) is 3.40. The van der Waals surface area contributed by atoms with Gasteiger partial charge in [-0.15, -0.1) is 0 Å². The Hall–Kier alpha value is -1.20. The summed E-state index contributed by atoms with van der Waals surface area (Å²) < 4.78 is 25.8. The average molecular weight is 269 g/mol. The molecule has 0 fully saturated rings. The fraction of sp³-hybridized carbons (Fsp3) is 0.462. The quantitative estimate of drug-likeness (QED) is 0.821. The Morgan fingerprint density at radius 1 is 1.28 bits per heavy atom. The van der Waals surface area contributed by atoms with Crippen LogP contribution in [0, 0.1) is 6.92 Å². The van der Waals surface area contributed by atoms with Crippen molar-refractivity contribution in [3.63, 3.8) is 0 Å². The van der Waals surface area contributed by atoms with Crippen LogP contribution in [0.5, 0.6) is 0 Å². The lowest BCUT2D eigenvalue weighted by atomic mass is 10.2. The van der Waals surface area contributed by atoms with Gasteiger partial charge in [0, 0.05) is 19.5 Å². The highest BCUT2D eigenvalue weighted by molar-refractivity contribution is 7.89. The SMILES string of the molecule is CC(=O)C[C@H](C)N(C)S(=O)(=O)c1ccc(C)cc1. The minimum Gasteiger partial charge on any atom is -0.300 e. The molecule has 0 saturated heterocycles. The third-order valence-electron chi connectivity index (χ3n) is 2.90. The highest BCUT2D eigenvalue weighted by Crippen LogP contribution is 2.18. The van der Waals surface area contributed by atoms with Crippen molar-refractivity contribution in [2.75, 3.05) is 7.05 Å². The van der Waals surface area contributed by atoms with Crippen LogP contribution >= 0.6 is 0 Å². The number of benzene rings is 1. The van der Waals surface area contributed by atoms with Crippen LogP contribution in [0.2, 0.25) is 0 Å². The zero-order valence-corrected chi connectivity index (χ0v) is 12.0. The summed E-state index contributed by atoms with van der Waals surface area (Å²) in [5, 5.41) is 0. The van der Waals surface area contributed by atoms with Gasteiger partial charge in [-0.2, -0.15) is 4.31 Å². The molecule has 0 spiro atoms. The zero-order valence-electron chi connectivity index (χ0n) is 11.2. The van der Waals surface area contributed by atoms with Crippen molar-refractivity contribution < 1.29 is 13.2 Å². The van der Waals surface area contributed by atoms with E-state index in [0.717, 1.165) is 5.56 Å². The average Bonchev–Trinajstić information content (AvgIpc) is 2.27. The number of carbonyl (C=O) groups is 1. The van der Waals surface area contributed by atoms with Crippen LogP contribution in [-0.4, -0.2) is 31.6 Å². The summed E-state index contributed by atoms with van der Waals surface area (Å²) in [5.41, 5.74) is 1.01. The summed E-state index contributed by atoms with van der Waals surface area (Å²) in [6, 6.07) is 6.35. The molecule has 100 valence electrons. The second kappa shape index (κ2) is 5.63. The normalized spacial score (nSPS) is 13.6. The lowest BCUT2D eigenvalue weighted by Gasteiger charge is -2.23. The van der Waals surface area contributed by atoms with E-state index in [2.05, 4.69) is 0 Å². The second-order valence-corrected chi connectivity index (χ2v) is 6.59. The first-order chi connectivity index (χ1) is 8.25. The number of nitrogens with zero attached hydrogens (tertiary/aromatic N) is 1. The van der Waals surface area contributed by atoms with E-state index in [-0.39, 0.29) is 23.1 Å². The van der Waals surface area contributed by atoms with Crippen LogP contribution in [-0.2, 0) is 14.8 Å². The smallest absolute Gasteiger partial charge is 0.243 e. The maximum Gasteiger partial charge on any atom is 0.243 e. The molecule has 0 bridgehead atoms. The highest BCUT2D eigenvalue weighted by Gasteiger charge is 2.25. The van der Waals surface area contributed by atoms with E-state index in [1.165, 1.54) is 18.3 Å². The number of hydrogen-bond acceptors (Lipinski definition) is 3. The predicted octanol–water partition coefficient (Wildman–Crippen LogP) is 1.98. The van der Waals surface area contributed by atoms with E-state index in [0.29, 0.717) is 0 Å². The van der Waals surface area contributed by atoms with Crippen LogP contribution in [0.15, 0.2) is 29.2 Å². The highest BCUT2D eigenvalue weighted by atomic mass is 32.2. The maximum atomic E-state index is 12.3. The Bertz CT molecular complexity index is 520. The Morgan fingerprint density at radius 3 is 2.22 bits per heavy atom. The van der Waals surface area contributed by atoms with Gasteiger partial charge in [-0.25, -0.2) is 8.42 Å². The fourth-order valence-electron chi connectivity index (χ4n) is 1.66. The first-order valence-corrected chi connectivity index (χ1v) is 7.23. The minimum atomic E-state index is -3.52. The molecule has 1 rings (SSSR count). The van der Waals surface area contributed by atoms with Gasteiger partial charge in [-0.05, 0) is 32.9 Å². The number of sulfonamides is 1. The molecule has 0 N–H and O–H groups in total. The molecule has 1 atom stereocenters. The molecule has 0 amide bonds. The first-order valence-electron chi connectivity index (χ1n) is 5.79. The number of ketones is 1. The van der Waals surface area contributed by atoms with Gasteiger partial charge >= 0.3 is 0 Å². The van der Waals surface area contributed by atoms with E-state index >= 15 is 0 Å². The number of aryl methyl sites for hydroxylation is 1. The van der Waals surface area contributed by atoms with Gasteiger partial charge in [0.15, 0.2) is 0 Å². The summed E-state index contributed by atoms with van der Waals surface area (Å²) in [4.78, 5) is 11.3. The molecule has 0 aliphatic heterocycles. The monoisotopic (exact) mass is 269 g/mol. The van der Waals surface area contributed by atoms with Crippen molar-refractivity contribution in [3.8, 4) is 0 Å². The van der Waals surface area contributed by atoms with Crippen LogP contribution in [0.3, 0.4) is 0 Å². The maximum absolute atomic E-state index is 12.3. The van der Waals surface area contributed by atoms with Gasteiger partial charge in [0.2, 0.25) is 10.0 Å². The van der Waals surface area contributed by atoms with Crippen molar-refractivity contribution in [3.05, 3.63) is 29.8 Å². The molecule has 5 heteroatoms. The molecule has 0 aliphatic rings. The molecule has 0 saturated carbocycles. The van der Waals surface area contributed by atoms with Gasteiger partial charge in [0.05, 0.1) is 4.90 Å². The zero-order chi connectivity index (χ0) is 13.9. The van der Waals surface area contributed by atoms with Gasteiger partial charge in [0.25, 0.3) is 0 Å². The molecule has 18 heavy (non-hydrogen) atoms. The predicted molar refractivity (Wildman–Crippen MR) is 70.9 cm³/mol. The van der Waals surface area contributed by atoms with E-state index in [1.54, 1.807) is 31.2 Å². The summed E-state index contributed by atoms with van der Waals surface area (Å²) in [6.45, 7) is 5.09. The standard InChI is InChI=1S/C13H19NO3S/c1-10-5-7-13(8-6-10)18(16,17)14(4)11(2)9-12(3)15/h5-8,11H,9H2,1-4H3/t11-/m0/s1. The van der Waals surface area contributed by atoms with Gasteiger partial charge < -0.3 is 0 Å². The fourth-order valence-corrected chi connectivity index (χ4v) is 3.02. The minimum absolute atomic E-state index is 0.0199. The van der Waals surface area contributed by atoms with E-state index in [1.807, 2.05) is 6.92 Å². The summed E-state index contributed by atoms with van der Waals surface area (Å²) in [6.07, 6.45) is 0.224. The van der Waals surface area contributed by atoms with E-state index in [9.17, 15) is 13.2 Å². The Kier molecular flexibility index (Phi) is 4.65. The number of Topliss-reactive ketones (excluding diaryl/α,β-unsaturated/α-hetero) is 1. The number of rotatable bonds is 5. The largest absolute Gasteiger partial charge is 0.300 e. The van der Waals surface area contributed by atoms with Gasteiger partial charge in [-0.1, -0.05) is 17.7 Å². The van der Waals surface area contributed by atoms with E-state index in [4.69, 9.17) is 0 Å². The molecular formula is C13H19NO3S. The van der Waals surface area contributed by atoms with Crippen LogP contribution in [0.4, 0.5) is 0 Å². The number of carbonyl (C=O) groups excluding carboxylic acids is 1. The van der Waals surface area contributed by atoms with E-state index < -0.39 is 10.0 Å². The van der Waals surface area contributed by atoms with Crippen LogP contribution < -0.4 is 0 Å². The topological polar surface area (TPSA) is 54.5 Å². The molecule has 0 unspecified atom stereocenters. The van der Waals surface area contributed by atoms with Crippen LogP contribution in [0.1, 0.15) is 25.8 Å². The second-order valence-electron chi connectivity index (χ2n) is 4.59. The molecule has 0 heterocycles. The van der Waals surface area contributed by atoms with Crippen LogP contribution in [0.25, 0.3) is 0 Å². The Morgan fingerprint density at radius 2 is 1.78 bits per heavy atom. The van der Waals surface area contributed by atoms with Gasteiger partial charge in [-0.3, -0.25) is 4.79 Å². The lowest BCUT2D eigenvalue weighted by molar-refractivity contribution is -0.117. The number of hydrogen-bond donors (Lipinski definition) is 0. The molecule has 1 aromatic carbocycles. The van der Waals surface area contributed by atoms with Crippen molar-refractivity contribution in [1.29, 1.82) is 0 Å². The Labute approximate surface area is 109 Å². The molecule has 1 aromatic rings.